The summed E-state index contributed by atoms with van der Waals surface area (Å²) in [5.74, 6) is 0.280. The molecule has 15 heavy (non-hydrogen) atoms. The van der Waals surface area contributed by atoms with Gasteiger partial charge in [-0.05, 0) is 25.1 Å². The van der Waals surface area contributed by atoms with Crippen LogP contribution in [0.15, 0.2) is 18.2 Å². The molecule has 0 unspecified atom stereocenters. The number of hydrogen-bond donors (Lipinski definition) is 2. The Morgan fingerprint density at radius 1 is 1.60 bits per heavy atom. The summed E-state index contributed by atoms with van der Waals surface area (Å²) in [4.78, 5) is 11.1. The van der Waals surface area contributed by atoms with Crippen LogP contribution in [0.3, 0.4) is 0 Å². The first-order valence-electron chi connectivity index (χ1n) is 4.58. The summed E-state index contributed by atoms with van der Waals surface area (Å²) in [7, 11) is 0. The molecule has 0 saturated carbocycles. The average molecular weight is 229 g/mol. The van der Waals surface area contributed by atoms with Crippen molar-refractivity contribution in [3.8, 4) is 5.75 Å². The number of anilines is 1. The summed E-state index contributed by atoms with van der Waals surface area (Å²) < 4.78 is 5.21. The van der Waals surface area contributed by atoms with Gasteiger partial charge >= 0.3 is 0 Å². The lowest BCUT2D eigenvalue weighted by atomic mass is 10.3. The van der Waals surface area contributed by atoms with Gasteiger partial charge in [-0.3, -0.25) is 4.79 Å². The number of likely N-dealkylation sites (N-methyl/N-ethyl adjacent to an activating group) is 1. The molecule has 0 bridgehead atoms. The minimum absolute atomic E-state index is 0.0442. The van der Waals surface area contributed by atoms with Crippen LogP contribution in [0.5, 0.6) is 5.75 Å². The van der Waals surface area contributed by atoms with Crippen molar-refractivity contribution in [3.63, 3.8) is 0 Å². The van der Waals surface area contributed by atoms with Crippen molar-refractivity contribution in [3.05, 3.63) is 23.2 Å². The van der Waals surface area contributed by atoms with Crippen molar-refractivity contribution in [2.45, 2.75) is 6.92 Å². The van der Waals surface area contributed by atoms with Crippen molar-refractivity contribution in [1.82, 2.24) is 5.32 Å². The molecule has 0 spiro atoms. The molecule has 82 valence electrons. The summed E-state index contributed by atoms with van der Waals surface area (Å²) >= 11 is 5.85. The van der Waals surface area contributed by atoms with E-state index in [1.807, 2.05) is 6.92 Å². The fourth-order valence-corrected chi connectivity index (χ4v) is 1.27. The Hall–Kier alpha value is -1.42. The Labute approximate surface area is 93.4 Å². The van der Waals surface area contributed by atoms with Crippen molar-refractivity contribution < 1.29 is 9.53 Å². The van der Waals surface area contributed by atoms with Gasteiger partial charge in [-0.2, -0.15) is 0 Å². The number of hydrogen-bond acceptors (Lipinski definition) is 3. The SMILES string of the molecule is CCNC(=O)COc1ccc(N)cc1Cl. The van der Waals surface area contributed by atoms with Crippen molar-refractivity contribution in [1.29, 1.82) is 0 Å². The Kier molecular flexibility index (Phi) is 4.24. The minimum Gasteiger partial charge on any atom is -0.482 e. The van der Waals surface area contributed by atoms with E-state index in [1.54, 1.807) is 18.2 Å². The third-order valence-electron chi connectivity index (χ3n) is 1.69. The Morgan fingerprint density at radius 2 is 2.33 bits per heavy atom. The molecule has 0 aromatic heterocycles. The number of benzene rings is 1. The van der Waals surface area contributed by atoms with E-state index in [-0.39, 0.29) is 12.5 Å². The van der Waals surface area contributed by atoms with Crippen molar-refractivity contribution in [2.75, 3.05) is 18.9 Å². The fraction of sp³-hybridized carbons (Fsp3) is 0.300. The zero-order chi connectivity index (χ0) is 11.3. The lowest BCUT2D eigenvalue weighted by Crippen LogP contribution is -2.28. The molecular weight excluding hydrogens is 216 g/mol. The van der Waals surface area contributed by atoms with E-state index >= 15 is 0 Å². The predicted octanol–water partition coefficient (Wildman–Crippen LogP) is 1.44. The summed E-state index contributed by atoms with van der Waals surface area (Å²) in [5.41, 5.74) is 6.07. The maximum Gasteiger partial charge on any atom is 0.257 e. The molecule has 5 heteroatoms. The highest BCUT2D eigenvalue weighted by Crippen LogP contribution is 2.26. The molecule has 1 amide bonds. The van der Waals surface area contributed by atoms with Gasteiger partial charge < -0.3 is 15.8 Å². The van der Waals surface area contributed by atoms with Gasteiger partial charge in [0.2, 0.25) is 0 Å². The fourth-order valence-electron chi connectivity index (χ4n) is 1.03. The molecule has 3 N–H and O–H groups in total. The first-order valence-corrected chi connectivity index (χ1v) is 4.95. The van der Waals surface area contributed by atoms with Crippen LogP contribution in [-0.4, -0.2) is 19.1 Å². The van der Waals surface area contributed by atoms with Crippen LogP contribution in [0, 0.1) is 0 Å². The number of ether oxygens (including phenoxy) is 1. The third-order valence-corrected chi connectivity index (χ3v) is 1.98. The first kappa shape index (κ1) is 11.7. The van der Waals surface area contributed by atoms with Crippen LogP contribution in [-0.2, 0) is 4.79 Å². The van der Waals surface area contributed by atoms with Crippen LogP contribution < -0.4 is 15.8 Å². The van der Waals surface area contributed by atoms with Gasteiger partial charge in [-0.15, -0.1) is 0 Å². The topological polar surface area (TPSA) is 64.3 Å². The maximum atomic E-state index is 11.1. The maximum absolute atomic E-state index is 11.1. The lowest BCUT2D eigenvalue weighted by molar-refractivity contribution is -0.122. The molecule has 0 saturated heterocycles. The standard InChI is InChI=1S/C10H13ClN2O2/c1-2-13-10(14)6-15-9-4-3-7(12)5-8(9)11/h3-5H,2,6,12H2,1H3,(H,13,14). The second kappa shape index (κ2) is 5.46. The van der Waals surface area contributed by atoms with Crippen LogP contribution in [0.1, 0.15) is 6.92 Å². The van der Waals surface area contributed by atoms with Crippen LogP contribution in [0.25, 0.3) is 0 Å². The van der Waals surface area contributed by atoms with Crippen LogP contribution >= 0.6 is 11.6 Å². The van der Waals surface area contributed by atoms with Gasteiger partial charge in [0, 0.05) is 12.2 Å². The number of rotatable bonds is 4. The number of carbonyl (C=O) groups excluding carboxylic acids is 1. The van der Waals surface area contributed by atoms with E-state index in [0.717, 1.165) is 0 Å². The molecule has 0 heterocycles. The van der Waals surface area contributed by atoms with E-state index in [4.69, 9.17) is 22.1 Å². The Morgan fingerprint density at radius 3 is 2.93 bits per heavy atom. The Bertz CT molecular complexity index is 355. The number of amides is 1. The van der Waals surface area contributed by atoms with E-state index in [2.05, 4.69) is 5.32 Å². The number of nitrogens with one attached hydrogen (secondary N) is 1. The molecule has 0 atom stereocenters. The average Bonchev–Trinajstić information content (AvgIpc) is 2.17. The number of carbonyl (C=O) groups is 1. The molecular formula is C10H13ClN2O2. The third kappa shape index (κ3) is 3.67. The summed E-state index contributed by atoms with van der Waals surface area (Å²) in [6.07, 6.45) is 0. The van der Waals surface area contributed by atoms with Crippen molar-refractivity contribution in [2.24, 2.45) is 0 Å². The molecule has 4 nitrogen and oxygen atoms in total. The van der Waals surface area contributed by atoms with Gasteiger partial charge in [0.25, 0.3) is 5.91 Å². The van der Waals surface area contributed by atoms with Gasteiger partial charge in [0.05, 0.1) is 5.02 Å². The van der Waals surface area contributed by atoms with Crippen LogP contribution in [0.2, 0.25) is 5.02 Å². The molecule has 1 aromatic rings. The summed E-state index contributed by atoms with van der Waals surface area (Å²) in [6.45, 7) is 2.38. The molecule has 1 aromatic carbocycles. The van der Waals surface area contributed by atoms with E-state index < -0.39 is 0 Å². The number of nitrogen functional groups attached to an aromatic ring is 1. The summed E-state index contributed by atoms with van der Waals surface area (Å²) in [6, 6.07) is 4.88. The molecule has 0 aliphatic carbocycles. The second-order valence-electron chi connectivity index (χ2n) is 2.93. The lowest BCUT2D eigenvalue weighted by Gasteiger charge is -2.07. The molecule has 0 aliphatic heterocycles. The second-order valence-corrected chi connectivity index (χ2v) is 3.34. The molecule has 0 aliphatic rings. The van der Waals surface area contributed by atoms with E-state index in [0.29, 0.717) is 23.0 Å². The van der Waals surface area contributed by atoms with Crippen molar-refractivity contribution >= 4 is 23.2 Å². The molecule has 0 radical (unpaired) electrons. The zero-order valence-electron chi connectivity index (χ0n) is 8.42. The highest BCUT2D eigenvalue weighted by atomic mass is 35.5. The summed E-state index contributed by atoms with van der Waals surface area (Å²) in [5, 5.41) is 3.02. The van der Waals surface area contributed by atoms with E-state index in [9.17, 15) is 4.79 Å². The predicted molar refractivity (Wildman–Crippen MR) is 60.0 cm³/mol. The monoisotopic (exact) mass is 228 g/mol. The molecule has 1 rings (SSSR count). The largest absolute Gasteiger partial charge is 0.482 e. The smallest absolute Gasteiger partial charge is 0.257 e. The van der Waals surface area contributed by atoms with Crippen LogP contribution in [0.4, 0.5) is 5.69 Å². The minimum atomic E-state index is -0.176. The highest BCUT2D eigenvalue weighted by Gasteiger charge is 2.04. The number of halogens is 1. The zero-order valence-corrected chi connectivity index (χ0v) is 9.17. The Balaban J connectivity index is 2.54. The highest BCUT2D eigenvalue weighted by molar-refractivity contribution is 6.32. The van der Waals surface area contributed by atoms with Gasteiger partial charge in [0.1, 0.15) is 5.75 Å². The van der Waals surface area contributed by atoms with Gasteiger partial charge in [-0.25, -0.2) is 0 Å². The van der Waals surface area contributed by atoms with E-state index in [1.165, 1.54) is 0 Å². The number of nitrogens with two attached hydrogens (primary N) is 1. The normalized spacial score (nSPS) is 9.73. The molecule has 0 fully saturated rings. The first-order chi connectivity index (χ1) is 7.13. The van der Waals surface area contributed by atoms with Gasteiger partial charge in [0.15, 0.2) is 6.61 Å². The van der Waals surface area contributed by atoms with Gasteiger partial charge in [-0.1, -0.05) is 11.6 Å². The quantitative estimate of drug-likeness (QED) is 0.767.